The Bertz CT molecular complexity index is 627. The second kappa shape index (κ2) is 5.85. The van der Waals surface area contributed by atoms with Crippen molar-refractivity contribution in [2.75, 3.05) is 5.32 Å². The third-order valence-corrected chi connectivity index (χ3v) is 3.26. The van der Waals surface area contributed by atoms with Crippen molar-refractivity contribution in [2.24, 2.45) is 0 Å². The van der Waals surface area contributed by atoms with E-state index in [-0.39, 0.29) is 10.7 Å². The molecule has 2 aromatic rings. The zero-order valence-corrected chi connectivity index (χ0v) is 11.6. The number of hydrogen-bond donors (Lipinski definition) is 2. The summed E-state index contributed by atoms with van der Waals surface area (Å²) in [4.78, 5) is 15.9. The first-order valence-corrected chi connectivity index (χ1v) is 6.64. The molecule has 0 atom stereocenters. The summed E-state index contributed by atoms with van der Waals surface area (Å²) in [6.45, 7) is 1.85. The number of anilines is 1. The van der Waals surface area contributed by atoms with Crippen LogP contribution in [0.2, 0.25) is 0 Å². The quantitative estimate of drug-likeness (QED) is 0.837. The van der Waals surface area contributed by atoms with E-state index in [1.807, 2.05) is 12.3 Å². The Balaban J connectivity index is 1.99. The Morgan fingerprint density at radius 3 is 2.79 bits per heavy atom. The number of carbonyl (C=O) groups excluding carboxylic acids is 1. The highest BCUT2D eigenvalue weighted by Gasteiger charge is 2.12. The van der Waals surface area contributed by atoms with E-state index in [9.17, 15) is 9.18 Å². The van der Waals surface area contributed by atoms with Gasteiger partial charge in [0.25, 0.3) is 5.91 Å². The first-order chi connectivity index (χ1) is 9.06. The summed E-state index contributed by atoms with van der Waals surface area (Å²) in [6.07, 6.45) is 0. The lowest BCUT2D eigenvalue weighted by Gasteiger charge is -2.07. The first-order valence-electron chi connectivity index (χ1n) is 5.35. The lowest BCUT2D eigenvalue weighted by atomic mass is 10.2. The summed E-state index contributed by atoms with van der Waals surface area (Å²) in [5.41, 5.74) is 0.803. The molecule has 0 aliphatic heterocycles. The lowest BCUT2D eigenvalue weighted by molar-refractivity contribution is 0.0974. The molecule has 0 unspecified atom stereocenters. The minimum Gasteiger partial charge on any atom is -0.308 e. The second-order valence-electron chi connectivity index (χ2n) is 3.68. The summed E-state index contributed by atoms with van der Waals surface area (Å²) < 4.78 is 13.4. The summed E-state index contributed by atoms with van der Waals surface area (Å²) in [5.74, 6) is -1.18. The molecule has 0 aliphatic rings. The van der Waals surface area contributed by atoms with Gasteiger partial charge in [-0.15, -0.1) is 11.3 Å². The molecule has 19 heavy (non-hydrogen) atoms. The van der Waals surface area contributed by atoms with Crippen LogP contribution in [0.1, 0.15) is 16.1 Å². The van der Waals surface area contributed by atoms with Crippen molar-refractivity contribution < 1.29 is 9.18 Å². The van der Waals surface area contributed by atoms with Crippen LogP contribution in [0.3, 0.4) is 0 Å². The number of rotatable bonds is 2. The molecule has 1 aromatic carbocycles. The predicted octanol–water partition coefficient (Wildman–Crippen LogP) is 2.72. The van der Waals surface area contributed by atoms with Gasteiger partial charge in [0.05, 0.1) is 11.3 Å². The maximum atomic E-state index is 13.4. The fourth-order valence-electron chi connectivity index (χ4n) is 1.36. The number of aromatic nitrogens is 1. The van der Waals surface area contributed by atoms with Crippen LogP contribution in [-0.4, -0.2) is 16.0 Å². The van der Waals surface area contributed by atoms with Gasteiger partial charge in [-0.05, 0) is 31.3 Å². The second-order valence-corrected chi connectivity index (χ2v) is 4.95. The molecule has 0 saturated carbocycles. The number of carbonyl (C=O) groups is 1. The molecule has 7 heteroatoms. The molecule has 2 N–H and O–H groups in total. The van der Waals surface area contributed by atoms with Crippen molar-refractivity contribution in [2.45, 2.75) is 6.92 Å². The zero-order chi connectivity index (χ0) is 13.8. The molecular weight excluding hydrogens is 285 g/mol. The Morgan fingerprint density at radius 1 is 1.42 bits per heavy atom. The number of amides is 1. The van der Waals surface area contributed by atoms with Gasteiger partial charge >= 0.3 is 0 Å². The van der Waals surface area contributed by atoms with Crippen LogP contribution in [0.4, 0.5) is 9.52 Å². The molecule has 0 bridgehead atoms. The van der Waals surface area contributed by atoms with Crippen molar-refractivity contribution >= 4 is 39.7 Å². The van der Waals surface area contributed by atoms with Crippen molar-refractivity contribution in [3.05, 3.63) is 46.7 Å². The normalized spacial score (nSPS) is 10.0. The minimum absolute atomic E-state index is 0.0537. The Morgan fingerprint density at radius 2 is 2.16 bits per heavy atom. The van der Waals surface area contributed by atoms with Gasteiger partial charge in [0.15, 0.2) is 10.2 Å². The molecule has 2 rings (SSSR count). The van der Waals surface area contributed by atoms with Gasteiger partial charge < -0.3 is 5.32 Å². The predicted molar refractivity (Wildman–Crippen MR) is 76.9 cm³/mol. The first kappa shape index (κ1) is 13.6. The summed E-state index contributed by atoms with van der Waals surface area (Å²) >= 11 is 6.33. The van der Waals surface area contributed by atoms with Gasteiger partial charge in [-0.1, -0.05) is 12.1 Å². The van der Waals surface area contributed by atoms with E-state index in [4.69, 9.17) is 12.2 Å². The van der Waals surface area contributed by atoms with Crippen LogP contribution < -0.4 is 10.6 Å². The van der Waals surface area contributed by atoms with Crippen LogP contribution in [0.5, 0.6) is 0 Å². The van der Waals surface area contributed by atoms with Crippen molar-refractivity contribution in [3.8, 4) is 0 Å². The minimum atomic E-state index is -0.594. The number of hydrogen-bond acceptors (Lipinski definition) is 4. The Hall–Kier alpha value is -1.86. The molecule has 0 saturated heterocycles. The number of halogens is 1. The van der Waals surface area contributed by atoms with E-state index in [1.54, 1.807) is 6.07 Å². The number of aryl methyl sites for hydroxylation is 1. The number of benzene rings is 1. The van der Waals surface area contributed by atoms with Gasteiger partial charge in [-0.2, -0.15) is 0 Å². The molecule has 1 amide bonds. The lowest BCUT2D eigenvalue weighted by Crippen LogP contribution is -2.34. The van der Waals surface area contributed by atoms with E-state index in [0.29, 0.717) is 5.13 Å². The summed E-state index contributed by atoms with van der Waals surface area (Å²) in [7, 11) is 0. The van der Waals surface area contributed by atoms with Gasteiger partial charge in [-0.25, -0.2) is 9.37 Å². The maximum Gasteiger partial charge on any atom is 0.260 e. The number of nitrogens with one attached hydrogen (secondary N) is 2. The smallest absolute Gasteiger partial charge is 0.260 e. The van der Waals surface area contributed by atoms with Gasteiger partial charge in [0.1, 0.15) is 5.82 Å². The van der Waals surface area contributed by atoms with Crippen LogP contribution in [-0.2, 0) is 0 Å². The van der Waals surface area contributed by atoms with E-state index < -0.39 is 11.7 Å². The number of thiazole rings is 1. The molecule has 0 fully saturated rings. The average molecular weight is 295 g/mol. The standard InChI is InChI=1S/C12H10FN3OS2/c1-7-6-19-12(14-7)16-11(18)15-10(17)8-4-2-3-5-9(8)13/h2-6H,1H3,(H2,14,15,16,17,18). The van der Waals surface area contributed by atoms with Gasteiger partial charge in [0.2, 0.25) is 0 Å². The Kier molecular flexibility index (Phi) is 4.18. The fraction of sp³-hybridized carbons (Fsp3) is 0.0833. The SMILES string of the molecule is Cc1csc(NC(=S)NC(=O)c2ccccc2F)n1. The third-order valence-electron chi connectivity index (χ3n) is 2.19. The van der Waals surface area contributed by atoms with Crippen LogP contribution >= 0.6 is 23.6 Å². The van der Waals surface area contributed by atoms with Gasteiger partial charge in [0, 0.05) is 5.38 Å². The summed E-state index contributed by atoms with van der Waals surface area (Å²) in [6, 6.07) is 5.70. The highest BCUT2D eigenvalue weighted by molar-refractivity contribution is 7.80. The number of thiocarbonyl (C=S) groups is 1. The van der Waals surface area contributed by atoms with Gasteiger partial charge in [-0.3, -0.25) is 10.1 Å². The molecule has 4 nitrogen and oxygen atoms in total. The fourth-order valence-corrected chi connectivity index (χ4v) is 2.30. The highest BCUT2D eigenvalue weighted by Crippen LogP contribution is 2.14. The largest absolute Gasteiger partial charge is 0.308 e. The van der Waals surface area contributed by atoms with E-state index in [1.165, 1.54) is 29.5 Å². The molecule has 0 spiro atoms. The molecule has 98 valence electrons. The van der Waals surface area contributed by atoms with Crippen LogP contribution in [0, 0.1) is 12.7 Å². The molecule has 0 aliphatic carbocycles. The maximum absolute atomic E-state index is 13.4. The van der Waals surface area contributed by atoms with E-state index in [2.05, 4.69) is 15.6 Å². The van der Waals surface area contributed by atoms with Crippen molar-refractivity contribution in [3.63, 3.8) is 0 Å². The third kappa shape index (κ3) is 3.55. The molecule has 0 radical (unpaired) electrons. The molecule has 1 heterocycles. The average Bonchev–Trinajstić information content (AvgIpc) is 2.74. The summed E-state index contributed by atoms with van der Waals surface area (Å²) in [5, 5.41) is 7.69. The van der Waals surface area contributed by atoms with Crippen LogP contribution in [0.15, 0.2) is 29.6 Å². The zero-order valence-electron chi connectivity index (χ0n) is 9.94. The molecular formula is C12H10FN3OS2. The van der Waals surface area contributed by atoms with Crippen LogP contribution in [0.25, 0.3) is 0 Å². The molecule has 1 aromatic heterocycles. The number of nitrogens with zero attached hydrogens (tertiary/aromatic N) is 1. The topological polar surface area (TPSA) is 54.0 Å². The Labute approximate surface area is 118 Å². The van der Waals surface area contributed by atoms with Crippen molar-refractivity contribution in [1.29, 1.82) is 0 Å². The van der Waals surface area contributed by atoms with E-state index in [0.717, 1.165) is 5.69 Å². The van der Waals surface area contributed by atoms with E-state index >= 15 is 0 Å². The monoisotopic (exact) mass is 295 g/mol. The van der Waals surface area contributed by atoms with Crippen molar-refractivity contribution in [1.82, 2.24) is 10.3 Å². The highest BCUT2D eigenvalue weighted by atomic mass is 32.1.